The van der Waals surface area contributed by atoms with Gasteiger partial charge in [0.25, 0.3) is 0 Å². The van der Waals surface area contributed by atoms with E-state index in [-0.39, 0.29) is 12.0 Å². The molecule has 2 rings (SSSR count). The maximum Gasteiger partial charge on any atom is 0.0992 e. The zero-order valence-electron chi connectivity index (χ0n) is 11.4. The van der Waals surface area contributed by atoms with Crippen LogP contribution in [0.5, 0.6) is 0 Å². The Labute approximate surface area is 113 Å². The van der Waals surface area contributed by atoms with E-state index in [0.29, 0.717) is 5.56 Å². The Morgan fingerprint density at radius 3 is 2.79 bits per heavy atom. The lowest BCUT2D eigenvalue weighted by molar-refractivity contribution is 0.0968. The van der Waals surface area contributed by atoms with Crippen molar-refractivity contribution in [1.82, 2.24) is 0 Å². The first-order valence-corrected chi connectivity index (χ1v) is 6.68. The Morgan fingerprint density at radius 1 is 1.47 bits per heavy atom. The molecule has 1 heterocycles. The van der Waals surface area contributed by atoms with Crippen molar-refractivity contribution in [1.29, 1.82) is 5.26 Å². The van der Waals surface area contributed by atoms with E-state index in [4.69, 9.17) is 5.26 Å². The van der Waals surface area contributed by atoms with Gasteiger partial charge in [-0.2, -0.15) is 5.26 Å². The van der Waals surface area contributed by atoms with Crippen LogP contribution in [0.15, 0.2) is 18.2 Å². The molecule has 0 radical (unpaired) electrons. The molecule has 1 saturated heterocycles. The number of nitriles is 1. The van der Waals surface area contributed by atoms with Crippen LogP contribution in [-0.2, 0) is 0 Å². The zero-order chi connectivity index (χ0) is 14.0. The van der Waals surface area contributed by atoms with Crippen molar-refractivity contribution in [2.24, 2.45) is 5.92 Å². The summed E-state index contributed by atoms with van der Waals surface area (Å²) in [4.78, 5) is 2.15. The SMILES string of the molecule is CC(O)c1ccc(C#N)cc1N1CCC(O)C(C)C1. The van der Waals surface area contributed by atoms with Crippen LogP contribution in [-0.4, -0.2) is 29.4 Å². The van der Waals surface area contributed by atoms with Crippen LogP contribution in [0.25, 0.3) is 0 Å². The van der Waals surface area contributed by atoms with Gasteiger partial charge in [-0.15, -0.1) is 0 Å². The normalized spacial score (nSPS) is 24.9. The van der Waals surface area contributed by atoms with Crippen molar-refractivity contribution >= 4 is 5.69 Å². The molecule has 1 aromatic rings. The maximum atomic E-state index is 9.86. The molecule has 1 aliphatic heterocycles. The van der Waals surface area contributed by atoms with Crippen LogP contribution in [0, 0.1) is 17.2 Å². The average molecular weight is 260 g/mol. The maximum absolute atomic E-state index is 9.86. The molecule has 102 valence electrons. The van der Waals surface area contributed by atoms with Crippen LogP contribution in [0.2, 0.25) is 0 Å². The van der Waals surface area contributed by atoms with Crippen LogP contribution in [0.3, 0.4) is 0 Å². The van der Waals surface area contributed by atoms with Gasteiger partial charge in [0.2, 0.25) is 0 Å². The lowest BCUT2D eigenvalue weighted by Crippen LogP contribution is -2.42. The fourth-order valence-electron chi connectivity index (χ4n) is 2.59. The Morgan fingerprint density at radius 2 is 2.21 bits per heavy atom. The van der Waals surface area contributed by atoms with Crippen molar-refractivity contribution in [2.45, 2.75) is 32.5 Å². The number of aliphatic hydroxyl groups excluding tert-OH is 2. The molecule has 0 spiro atoms. The Hall–Kier alpha value is -1.57. The van der Waals surface area contributed by atoms with Gasteiger partial charge in [-0.25, -0.2) is 0 Å². The van der Waals surface area contributed by atoms with Crippen molar-refractivity contribution in [3.8, 4) is 6.07 Å². The van der Waals surface area contributed by atoms with Crippen LogP contribution in [0.1, 0.15) is 37.5 Å². The van der Waals surface area contributed by atoms with Crippen LogP contribution in [0.4, 0.5) is 5.69 Å². The topological polar surface area (TPSA) is 67.5 Å². The number of nitrogens with zero attached hydrogens (tertiary/aromatic N) is 2. The summed E-state index contributed by atoms with van der Waals surface area (Å²) in [6, 6.07) is 7.50. The van der Waals surface area contributed by atoms with E-state index in [9.17, 15) is 10.2 Å². The van der Waals surface area contributed by atoms with Gasteiger partial charge in [0.05, 0.1) is 23.8 Å². The highest BCUT2D eigenvalue weighted by Crippen LogP contribution is 2.31. The van der Waals surface area contributed by atoms with E-state index in [1.165, 1.54) is 0 Å². The average Bonchev–Trinajstić information content (AvgIpc) is 2.41. The third-order valence-electron chi connectivity index (χ3n) is 3.81. The first-order chi connectivity index (χ1) is 9.02. The van der Waals surface area contributed by atoms with Gasteiger partial charge >= 0.3 is 0 Å². The molecule has 1 fully saturated rings. The molecule has 1 aromatic carbocycles. The monoisotopic (exact) mass is 260 g/mol. The summed E-state index contributed by atoms with van der Waals surface area (Å²) in [5, 5.41) is 28.7. The van der Waals surface area contributed by atoms with Crippen molar-refractivity contribution in [3.63, 3.8) is 0 Å². The molecule has 0 saturated carbocycles. The third kappa shape index (κ3) is 2.89. The van der Waals surface area contributed by atoms with E-state index in [1.54, 1.807) is 13.0 Å². The third-order valence-corrected chi connectivity index (χ3v) is 3.81. The van der Waals surface area contributed by atoms with E-state index in [2.05, 4.69) is 11.0 Å². The second-order valence-electron chi connectivity index (χ2n) is 5.34. The lowest BCUT2D eigenvalue weighted by atomic mass is 9.94. The van der Waals surface area contributed by atoms with E-state index < -0.39 is 6.10 Å². The highest BCUT2D eigenvalue weighted by molar-refractivity contribution is 5.58. The van der Waals surface area contributed by atoms with Crippen LogP contribution >= 0.6 is 0 Å². The van der Waals surface area contributed by atoms with E-state index in [1.807, 2.05) is 19.1 Å². The summed E-state index contributed by atoms with van der Waals surface area (Å²) in [6.07, 6.45) is -0.104. The minimum atomic E-state index is -0.565. The molecule has 3 atom stereocenters. The molecule has 1 aliphatic rings. The minimum Gasteiger partial charge on any atom is -0.393 e. The summed E-state index contributed by atoms with van der Waals surface area (Å²) in [5.74, 6) is 0.196. The van der Waals surface area contributed by atoms with Crippen molar-refractivity contribution < 1.29 is 10.2 Å². The number of benzene rings is 1. The Balaban J connectivity index is 2.34. The van der Waals surface area contributed by atoms with Crippen LogP contribution < -0.4 is 4.90 Å². The number of piperidine rings is 1. The molecule has 0 aliphatic carbocycles. The predicted molar refractivity (Wildman–Crippen MR) is 73.8 cm³/mol. The summed E-state index contributed by atoms with van der Waals surface area (Å²) >= 11 is 0. The molecule has 2 N–H and O–H groups in total. The summed E-state index contributed by atoms with van der Waals surface area (Å²) in [6.45, 7) is 5.25. The molecule has 4 heteroatoms. The summed E-state index contributed by atoms with van der Waals surface area (Å²) in [5.41, 5.74) is 2.34. The summed E-state index contributed by atoms with van der Waals surface area (Å²) < 4.78 is 0. The number of hydrogen-bond donors (Lipinski definition) is 2. The minimum absolute atomic E-state index is 0.196. The Kier molecular flexibility index (Phi) is 4.08. The highest BCUT2D eigenvalue weighted by atomic mass is 16.3. The molecule has 0 bridgehead atoms. The standard InChI is InChI=1S/C15H20N2O2/c1-10-9-17(6-5-15(10)19)14-7-12(8-16)3-4-13(14)11(2)18/h3-4,7,10-11,15,18-19H,5-6,9H2,1-2H3. The van der Waals surface area contributed by atoms with Gasteiger partial charge in [0, 0.05) is 24.3 Å². The van der Waals surface area contributed by atoms with Crippen molar-refractivity contribution in [2.75, 3.05) is 18.0 Å². The summed E-state index contributed by atoms with van der Waals surface area (Å²) in [7, 11) is 0. The van der Waals surface area contributed by atoms with Gasteiger partial charge in [-0.1, -0.05) is 13.0 Å². The van der Waals surface area contributed by atoms with Gasteiger partial charge < -0.3 is 15.1 Å². The molecule has 3 unspecified atom stereocenters. The molecule has 0 aromatic heterocycles. The molecular formula is C15H20N2O2. The van der Waals surface area contributed by atoms with Gasteiger partial charge in [0.15, 0.2) is 0 Å². The first kappa shape index (κ1) is 13.9. The first-order valence-electron chi connectivity index (χ1n) is 6.68. The number of rotatable bonds is 2. The lowest BCUT2D eigenvalue weighted by Gasteiger charge is -2.37. The smallest absolute Gasteiger partial charge is 0.0992 e. The van der Waals surface area contributed by atoms with E-state index in [0.717, 1.165) is 30.8 Å². The number of anilines is 1. The zero-order valence-corrected chi connectivity index (χ0v) is 11.4. The number of aliphatic hydroxyl groups is 2. The fraction of sp³-hybridized carbons (Fsp3) is 0.533. The molecular weight excluding hydrogens is 240 g/mol. The van der Waals surface area contributed by atoms with Crippen molar-refractivity contribution in [3.05, 3.63) is 29.3 Å². The second-order valence-corrected chi connectivity index (χ2v) is 5.34. The van der Waals surface area contributed by atoms with Gasteiger partial charge in [0.1, 0.15) is 0 Å². The predicted octanol–water partition coefficient (Wildman–Crippen LogP) is 1.82. The number of hydrogen-bond acceptors (Lipinski definition) is 4. The quantitative estimate of drug-likeness (QED) is 0.851. The fourth-order valence-corrected chi connectivity index (χ4v) is 2.59. The second kappa shape index (κ2) is 5.60. The highest BCUT2D eigenvalue weighted by Gasteiger charge is 2.26. The van der Waals surface area contributed by atoms with Gasteiger partial charge in [-0.05, 0) is 31.4 Å². The van der Waals surface area contributed by atoms with E-state index >= 15 is 0 Å². The molecule has 19 heavy (non-hydrogen) atoms. The Bertz CT molecular complexity index is 493. The largest absolute Gasteiger partial charge is 0.393 e. The molecule has 4 nitrogen and oxygen atoms in total. The van der Waals surface area contributed by atoms with Gasteiger partial charge in [-0.3, -0.25) is 0 Å². The molecule has 0 amide bonds.